The highest BCUT2D eigenvalue weighted by atomic mass is 19.4. The van der Waals surface area contributed by atoms with Gasteiger partial charge in [-0.05, 0) is 30.5 Å². The zero-order chi connectivity index (χ0) is 20.6. The van der Waals surface area contributed by atoms with Gasteiger partial charge in [0.05, 0.1) is 30.2 Å². The number of nitrogens with one attached hydrogen (secondary N) is 2. The van der Waals surface area contributed by atoms with Crippen LogP contribution in [0, 0.1) is 5.92 Å². The Bertz CT molecular complexity index is 633. The van der Waals surface area contributed by atoms with Crippen LogP contribution in [0.1, 0.15) is 25.8 Å². The first kappa shape index (κ1) is 22.3. The normalized spacial score (nSPS) is 15.0. The van der Waals surface area contributed by atoms with Crippen molar-refractivity contribution < 1.29 is 27.4 Å². The van der Waals surface area contributed by atoms with Crippen LogP contribution in [0.5, 0.6) is 0 Å². The molecule has 0 radical (unpaired) electrons. The second kappa shape index (κ2) is 10.5. The summed E-state index contributed by atoms with van der Waals surface area (Å²) in [5.41, 5.74) is -0.126. The highest BCUT2D eigenvalue weighted by Gasteiger charge is 2.31. The number of hydrogen-bond donors (Lipinski definition) is 2. The number of benzene rings is 1. The van der Waals surface area contributed by atoms with E-state index < -0.39 is 17.8 Å². The fourth-order valence-electron chi connectivity index (χ4n) is 2.75. The molecule has 0 aromatic heterocycles. The first-order chi connectivity index (χ1) is 13.3. The zero-order valence-corrected chi connectivity index (χ0v) is 16.3. The van der Waals surface area contributed by atoms with Gasteiger partial charge in [-0.25, -0.2) is 4.79 Å². The average Bonchev–Trinajstić information content (AvgIpc) is 2.64. The SMILES string of the molecule is CC(C)COCCCNC(=O)Nc1cc(C(F)(F)F)ccc1N1CCOCC1. The van der Waals surface area contributed by atoms with Gasteiger partial charge in [0.1, 0.15) is 0 Å². The average molecular weight is 403 g/mol. The number of carbonyl (C=O) groups is 1. The van der Waals surface area contributed by atoms with E-state index in [2.05, 4.69) is 10.6 Å². The number of ether oxygens (including phenoxy) is 2. The Morgan fingerprint density at radius 1 is 1.29 bits per heavy atom. The number of halogens is 3. The van der Waals surface area contributed by atoms with Gasteiger partial charge in [0.2, 0.25) is 0 Å². The molecule has 2 amide bonds. The lowest BCUT2D eigenvalue weighted by Gasteiger charge is -2.31. The highest BCUT2D eigenvalue weighted by Crippen LogP contribution is 2.35. The number of anilines is 2. The van der Waals surface area contributed by atoms with E-state index in [9.17, 15) is 18.0 Å². The van der Waals surface area contributed by atoms with Crippen molar-refractivity contribution in [2.45, 2.75) is 26.4 Å². The maximum Gasteiger partial charge on any atom is 0.416 e. The predicted molar refractivity (Wildman–Crippen MR) is 102 cm³/mol. The summed E-state index contributed by atoms with van der Waals surface area (Å²) in [6, 6.07) is 2.84. The lowest BCUT2D eigenvalue weighted by atomic mass is 10.1. The van der Waals surface area contributed by atoms with E-state index in [4.69, 9.17) is 9.47 Å². The molecule has 0 saturated carbocycles. The van der Waals surface area contributed by atoms with Gasteiger partial charge in [0.25, 0.3) is 0 Å². The Balaban J connectivity index is 1.97. The van der Waals surface area contributed by atoms with Gasteiger partial charge < -0.3 is 25.0 Å². The van der Waals surface area contributed by atoms with E-state index in [-0.39, 0.29) is 5.69 Å². The largest absolute Gasteiger partial charge is 0.416 e. The molecule has 1 aliphatic heterocycles. The van der Waals surface area contributed by atoms with Crippen molar-refractivity contribution in [1.82, 2.24) is 5.32 Å². The van der Waals surface area contributed by atoms with Crippen LogP contribution in [-0.4, -0.2) is 52.1 Å². The van der Waals surface area contributed by atoms with Gasteiger partial charge in [-0.3, -0.25) is 0 Å². The van der Waals surface area contributed by atoms with E-state index in [0.29, 0.717) is 64.1 Å². The van der Waals surface area contributed by atoms with Gasteiger partial charge in [-0.2, -0.15) is 13.2 Å². The maximum absolute atomic E-state index is 13.1. The van der Waals surface area contributed by atoms with E-state index in [0.717, 1.165) is 12.1 Å². The summed E-state index contributed by atoms with van der Waals surface area (Å²) in [5.74, 6) is 0.441. The lowest BCUT2D eigenvalue weighted by Crippen LogP contribution is -2.37. The third-order valence-corrected chi connectivity index (χ3v) is 4.13. The van der Waals surface area contributed by atoms with Crippen LogP contribution in [0.4, 0.5) is 29.3 Å². The fourth-order valence-corrected chi connectivity index (χ4v) is 2.75. The molecule has 9 heteroatoms. The Labute approximate surface area is 163 Å². The van der Waals surface area contributed by atoms with Crippen molar-refractivity contribution in [2.75, 3.05) is 56.3 Å². The maximum atomic E-state index is 13.1. The Morgan fingerprint density at radius 2 is 2.00 bits per heavy atom. The minimum atomic E-state index is -4.48. The number of amides is 2. The Morgan fingerprint density at radius 3 is 2.64 bits per heavy atom. The minimum Gasteiger partial charge on any atom is -0.381 e. The zero-order valence-electron chi connectivity index (χ0n) is 16.3. The Hall–Kier alpha value is -2.00. The molecule has 0 spiro atoms. The summed E-state index contributed by atoms with van der Waals surface area (Å²) in [6.07, 6.45) is -3.86. The molecule has 6 nitrogen and oxygen atoms in total. The second-order valence-electron chi connectivity index (χ2n) is 7.03. The smallest absolute Gasteiger partial charge is 0.381 e. The van der Waals surface area contributed by atoms with Crippen molar-refractivity contribution in [2.24, 2.45) is 5.92 Å². The van der Waals surface area contributed by atoms with E-state index >= 15 is 0 Å². The van der Waals surface area contributed by atoms with Crippen LogP contribution >= 0.6 is 0 Å². The number of morpholine rings is 1. The minimum absolute atomic E-state index is 0.130. The molecular formula is C19H28F3N3O3. The molecule has 158 valence electrons. The number of alkyl halides is 3. The summed E-state index contributed by atoms with van der Waals surface area (Å²) in [4.78, 5) is 14.1. The molecule has 0 atom stereocenters. The van der Waals surface area contributed by atoms with E-state index in [1.807, 2.05) is 18.7 Å². The molecule has 1 aromatic carbocycles. The predicted octanol–water partition coefficient (Wildman–Crippen LogP) is 3.73. The number of carbonyl (C=O) groups excluding carboxylic acids is 1. The third-order valence-electron chi connectivity index (χ3n) is 4.13. The van der Waals surface area contributed by atoms with Crippen molar-refractivity contribution >= 4 is 17.4 Å². The molecule has 0 unspecified atom stereocenters. The summed E-state index contributed by atoms with van der Waals surface area (Å²) in [7, 11) is 0. The number of rotatable bonds is 8. The van der Waals surface area contributed by atoms with Gasteiger partial charge >= 0.3 is 12.2 Å². The van der Waals surface area contributed by atoms with Crippen LogP contribution < -0.4 is 15.5 Å². The van der Waals surface area contributed by atoms with Gasteiger partial charge in [-0.15, -0.1) is 0 Å². The molecule has 1 heterocycles. The van der Waals surface area contributed by atoms with Gasteiger partial charge in [-0.1, -0.05) is 13.8 Å². The Kier molecular flexibility index (Phi) is 8.37. The standard InChI is InChI=1S/C19H28F3N3O3/c1-14(2)13-28-9-3-6-23-18(26)24-16-12-15(19(20,21)22)4-5-17(16)25-7-10-27-11-8-25/h4-5,12,14H,3,6-11,13H2,1-2H3,(H2,23,24,26). The van der Waals surface area contributed by atoms with Crippen molar-refractivity contribution in [1.29, 1.82) is 0 Å². The van der Waals surface area contributed by atoms with Crippen molar-refractivity contribution in [3.05, 3.63) is 23.8 Å². The molecule has 0 aliphatic carbocycles. The second-order valence-corrected chi connectivity index (χ2v) is 7.03. The summed E-state index contributed by atoms with van der Waals surface area (Å²) < 4.78 is 50.0. The summed E-state index contributed by atoms with van der Waals surface area (Å²) in [5, 5.41) is 5.21. The lowest BCUT2D eigenvalue weighted by molar-refractivity contribution is -0.137. The van der Waals surface area contributed by atoms with Crippen LogP contribution in [0.15, 0.2) is 18.2 Å². The van der Waals surface area contributed by atoms with Crippen LogP contribution in [0.3, 0.4) is 0 Å². The molecule has 1 aromatic rings. The summed E-state index contributed by atoms with van der Waals surface area (Å²) in [6.45, 7) is 7.71. The highest BCUT2D eigenvalue weighted by molar-refractivity contribution is 5.93. The van der Waals surface area contributed by atoms with Gasteiger partial charge in [0, 0.05) is 32.8 Å². The number of hydrogen-bond acceptors (Lipinski definition) is 4. The van der Waals surface area contributed by atoms with Crippen LogP contribution in [-0.2, 0) is 15.7 Å². The first-order valence-electron chi connectivity index (χ1n) is 9.44. The quantitative estimate of drug-likeness (QED) is 0.650. The topological polar surface area (TPSA) is 62.8 Å². The molecule has 1 fully saturated rings. The molecule has 1 aliphatic rings. The molecule has 2 N–H and O–H groups in total. The molecule has 0 bridgehead atoms. The molecule has 2 rings (SSSR count). The number of urea groups is 1. The van der Waals surface area contributed by atoms with Crippen LogP contribution in [0.25, 0.3) is 0 Å². The first-order valence-corrected chi connectivity index (χ1v) is 9.44. The van der Waals surface area contributed by atoms with Gasteiger partial charge in [0.15, 0.2) is 0 Å². The molecule has 28 heavy (non-hydrogen) atoms. The van der Waals surface area contributed by atoms with Crippen molar-refractivity contribution in [3.63, 3.8) is 0 Å². The molecular weight excluding hydrogens is 375 g/mol. The van der Waals surface area contributed by atoms with Crippen LogP contribution in [0.2, 0.25) is 0 Å². The van der Waals surface area contributed by atoms with E-state index in [1.54, 1.807) is 0 Å². The van der Waals surface area contributed by atoms with E-state index in [1.165, 1.54) is 6.07 Å². The monoisotopic (exact) mass is 403 g/mol. The van der Waals surface area contributed by atoms with Crippen molar-refractivity contribution in [3.8, 4) is 0 Å². The summed E-state index contributed by atoms with van der Waals surface area (Å²) >= 11 is 0. The fraction of sp³-hybridized carbons (Fsp3) is 0.632. The molecule has 1 saturated heterocycles. The third kappa shape index (κ3) is 7.20. The number of nitrogens with zero attached hydrogens (tertiary/aromatic N) is 1.